The fraction of sp³-hybridized carbons (Fsp3) is 0.296. The molecule has 4 aromatic rings. The van der Waals surface area contributed by atoms with Crippen molar-refractivity contribution < 1.29 is 9.90 Å². The van der Waals surface area contributed by atoms with E-state index in [0.717, 1.165) is 42.2 Å². The van der Waals surface area contributed by atoms with Crippen LogP contribution < -0.4 is 5.32 Å². The van der Waals surface area contributed by atoms with Crippen LogP contribution in [0.15, 0.2) is 55.1 Å². The molecule has 0 spiro atoms. The van der Waals surface area contributed by atoms with Crippen molar-refractivity contribution in [2.75, 3.05) is 5.32 Å². The number of fused-ring (bicyclic) bond motifs is 4. The molecule has 0 radical (unpaired) electrons. The molecule has 3 saturated carbocycles. The Balaban J connectivity index is 1.42. The zero-order chi connectivity index (χ0) is 23.8. The highest BCUT2D eigenvalue weighted by Gasteiger charge is 2.47. The first-order valence-electron chi connectivity index (χ1n) is 11.9. The van der Waals surface area contributed by atoms with Crippen molar-refractivity contribution in [1.82, 2.24) is 24.9 Å². The Bertz CT molecular complexity index is 1450. The Morgan fingerprint density at radius 3 is 2.66 bits per heavy atom. The van der Waals surface area contributed by atoms with Gasteiger partial charge in [-0.15, -0.1) is 0 Å². The summed E-state index contributed by atoms with van der Waals surface area (Å²) < 4.78 is 0. The second-order valence-corrected chi connectivity index (χ2v) is 9.27. The van der Waals surface area contributed by atoms with Gasteiger partial charge in [-0.3, -0.25) is 4.79 Å². The Kier molecular flexibility index (Phi) is 5.38. The second kappa shape index (κ2) is 8.84. The van der Waals surface area contributed by atoms with E-state index in [1.807, 2.05) is 42.6 Å². The third kappa shape index (κ3) is 4.10. The molecule has 35 heavy (non-hydrogen) atoms. The van der Waals surface area contributed by atoms with E-state index in [9.17, 15) is 9.90 Å². The quantitative estimate of drug-likeness (QED) is 0.389. The van der Waals surface area contributed by atoms with Gasteiger partial charge in [0, 0.05) is 41.0 Å². The SMILES string of the molecule is O=C(O)C1C2CCC(CC2)C1Nc1cc(C#Cc2ccccc2)nc(-c2c[nH]c3ncncc23)n1. The number of aromatic amines is 1. The number of hydrogen-bond donors (Lipinski definition) is 3. The molecule has 3 N–H and O–H groups in total. The second-order valence-electron chi connectivity index (χ2n) is 9.27. The number of aliphatic carboxylic acids is 1. The van der Waals surface area contributed by atoms with E-state index in [0.29, 0.717) is 28.9 Å². The molecule has 3 aliphatic rings. The van der Waals surface area contributed by atoms with Gasteiger partial charge in [-0.25, -0.2) is 19.9 Å². The van der Waals surface area contributed by atoms with E-state index in [1.165, 1.54) is 6.33 Å². The molecule has 174 valence electrons. The number of benzene rings is 1. The highest BCUT2D eigenvalue weighted by molar-refractivity contribution is 5.91. The average Bonchev–Trinajstić information content (AvgIpc) is 3.33. The maximum absolute atomic E-state index is 12.2. The molecule has 1 aromatic carbocycles. The predicted octanol–water partition coefficient (Wildman–Crippen LogP) is 4.12. The van der Waals surface area contributed by atoms with E-state index >= 15 is 0 Å². The summed E-state index contributed by atoms with van der Waals surface area (Å²) in [5, 5.41) is 14.3. The Labute approximate surface area is 202 Å². The summed E-state index contributed by atoms with van der Waals surface area (Å²) in [6.45, 7) is 0. The fourth-order valence-electron chi connectivity index (χ4n) is 5.59. The van der Waals surface area contributed by atoms with E-state index < -0.39 is 11.9 Å². The highest BCUT2D eigenvalue weighted by Crippen LogP contribution is 2.46. The molecule has 2 bridgehead atoms. The standard InChI is InChI=1S/C27H24N6O2/c34-27(35)23-17-7-9-18(10-8-17)24(23)32-22-12-19(11-6-16-4-2-1-3-5-16)31-26(33-22)21-14-29-25-20(21)13-28-15-30-25/h1-5,12-15,17-18,23-24H,7-10H2,(H,34,35)(H,28,29,30)(H,31,32,33). The third-order valence-corrected chi connectivity index (χ3v) is 7.25. The monoisotopic (exact) mass is 464 g/mol. The molecule has 7 rings (SSSR count). The first kappa shape index (κ1) is 21.3. The van der Waals surface area contributed by atoms with Crippen molar-refractivity contribution in [2.24, 2.45) is 17.8 Å². The van der Waals surface area contributed by atoms with Gasteiger partial charge in [0.05, 0.1) is 5.92 Å². The third-order valence-electron chi connectivity index (χ3n) is 7.25. The minimum Gasteiger partial charge on any atom is -0.481 e. The van der Waals surface area contributed by atoms with Gasteiger partial charge in [-0.05, 0) is 55.6 Å². The van der Waals surface area contributed by atoms with Crippen LogP contribution in [0.5, 0.6) is 0 Å². The lowest BCUT2D eigenvalue weighted by atomic mass is 9.61. The van der Waals surface area contributed by atoms with Gasteiger partial charge < -0.3 is 15.4 Å². The zero-order valence-corrected chi connectivity index (χ0v) is 19.0. The topological polar surface area (TPSA) is 117 Å². The number of nitrogens with zero attached hydrogens (tertiary/aromatic N) is 4. The van der Waals surface area contributed by atoms with Crippen LogP contribution in [0.4, 0.5) is 5.82 Å². The molecular weight excluding hydrogens is 440 g/mol. The molecule has 3 aromatic heterocycles. The minimum absolute atomic E-state index is 0.163. The number of rotatable bonds is 4. The number of carboxylic acid groups (broad SMARTS) is 1. The van der Waals surface area contributed by atoms with Gasteiger partial charge >= 0.3 is 5.97 Å². The van der Waals surface area contributed by atoms with Crippen LogP contribution in [0, 0.1) is 29.6 Å². The van der Waals surface area contributed by atoms with Gasteiger partial charge in [0.2, 0.25) is 0 Å². The number of carbonyl (C=O) groups is 1. The summed E-state index contributed by atoms with van der Waals surface area (Å²) in [5.74, 6) is 6.77. The van der Waals surface area contributed by atoms with E-state index in [4.69, 9.17) is 9.97 Å². The number of H-pyrrole nitrogens is 1. The van der Waals surface area contributed by atoms with Gasteiger partial charge in [0.15, 0.2) is 5.82 Å². The average molecular weight is 465 g/mol. The molecule has 2 unspecified atom stereocenters. The molecular formula is C27H24N6O2. The Morgan fingerprint density at radius 1 is 1.06 bits per heavy atom. The first-order chi connectivity index (χ1) is 17.2. The van der Waals surface area contributed by atoms with E-state index in [-0.39, 0.29) is 12.0 Å². The van der Waals surface area contributed by atoms with Crippen LogP contribution in [0.1, 0.15) is 36.9 Å². The Morgan fingerprint density at radius 2 is 1.86 bits per heavy atom. The van der Waals surface area contributed by atoms with Crippen molar-refractivity contribution in [3.05, 3.63) is 66.4 Å². The predicted molar refractivity (Wildman–Crippen MR) is 131 cm³/mol. The van der Waals surface area contributed by atoms with Crippen LogP contribution in [-0.4, -0.2) is 42.0 Å². The van der Waals surface area contributed by atoms with Gasteiger partial charge in [-0.2, -0.15) is 0 Å². The van der Waals surface area contributed by atoms with Crippen molar-refractivity contribution in [1.29, 1.82) is 0 Å². The molecule has 3 heterocycles. The Hall–Kier alpha value is -4.25. The lowest BCUT2D eigenvalue weighted by Gasteiger charge is -2.47. The van der Waals surface area contributed by atoms with Crippen molar-refractivity contribution in [3.63, 3.8) is 0 Å². The van der Waals surface area contributed by atoms with Crippen LogP contribution in [-0.2, 0) is 4.79 Å². The minimum atomic E-state index is -0.732. The maximum atomic E-state index is 12.2. The maximum Gasteiger partial charge on any atom is 0.308 e. The summed E-state index contributed by atoms with van der Waals surface area (Å²) in [6.07, 6.45) is 9.09. The molecule has 0 amide bonds. The number of carboxylic acids is 1. The molecule has 0 saturated heterocycles. The molecule has 3 fully saturated rings. The zero-order valence-electron chi connectivity index (χ0n) is 19.0. The highest BCUT2D eigenvalue weighted by atomic mass is 16.4. The van der Waals surface area contributed by atoms with Crippen LogP contribution in [0.2, 0.25) is 0 Å². The van der Waals surface area contributed by atoms with Crippen molar-refractivity contribution in [3.8, 4) is 23.2 Å². The summed E-state index contributed by atoms with van der Waals surface area (Å²) >= 11 is 0. The van der Waals surface area contributed by atoms with E-state index in [1.54, 1.807) is 6.20 Å². The van der Waals surface area contributed by atoms with Crippen LogP contribution in [0.3, 0.4) is 0 Å². The summed E-state index contributed by atoms with van der Waals surface area (Å²) in [4.78, 5) is 33.2. The van der Waals surface area contributed by atoms with Gasteiger partial charge in [-0.1, -0.05) is 24.1 Å². The molecule has 8 heteroatoms. The number of hydrogen-bond acceptors (Lipinski definition) is 6. The largest absolute Gasteiger partial charge is 0.481 e. The van der Waals surface area contributed by atoms with Gasteiger partial charge in [0.25, 0.3) is 0 Å². The summed E-state index contributed by atoms with van der Waals surface area (Å²) in [6, 6.07) is 11.4. The molecule has 0 aliphatic heterocycles. The van der Waals surface area contributed by atoms with Gasteiger partial charge in [0.1, 0.15) is 23.5 Å². The van der Waals surface area contributed by atoms with E-state index in [2.05, 4.69) is 32.1 Å². The fourth-order valence-corrected chi connectivity index (χ4v) is 5.59. The number of nitrogens with one attached hydrogen (secondary N) is 2. The molecule has 2 atom stereocenters. The van der Waals surface area contributed by atoms with Crippen molar-refractivity contribution >= 4 is 22.8 Å². The normalized spacial score (nSPS) is 23.0. The summed E-state index contributed by atoms with van der Waals surface area (Å²) in [7, 11) is 0. The molecule has 3 aliphatic carbocycles. The number of aromatic nitrogens is 5. The smallest absolute Gasteiger partial charge is 0.308 e. The summed E-state index contributed by atoms with van der Waals surface area (Å²) in [5.41, 5.74) is 2.91. The lowest BCUT2D eigenvalue weighted by molar-refractivity contribution is -0.148. The van der Waals surface area contributed by atoms with Crippen LogP contribution in [0.25, 0.3) is 22.4 Å². The van der Waals surface area contributed by atoms with Crippen LogP contribution >= 0.6 is 0 Å². The molecule has 8 nitrogen and oxygen atoms in total. The first-order valence-corrected chi connectivity index (χ1v) is 11.9. The lowest BCUT2D eigenvalue weighted by Crippen LogP contribution is -2.51. The van der Waals surface area contributed by atoms with Crippen molar-refractivity contribution in [2.45, 2.75) is 31.7 Å². The number of anilines is 1.